The van der Waals surface area contributed by atoms with Gasteiger partial charge < -0.3 is 15.4 Å². The van der Waals surface area contributed by atoms with Crippen LogP contribution in [0.1, 0.15) is 43.4 Å². The lowest BCUT2D eigenvalue weighted by atomic mass is 10.0. The standard InChI is InChI=1S/C17H27FN2O/c1-3-21-15-5-4-9-20(12-15)10-8-17(19)14-7-6-13(2)16(18)11-14/h6-7,11,15,17H,3-5,8-10,12,19H2,1-2H3. The maximum atomic E-state index is 13.6. The highest BCUT2D eigenvalue weighted by Crippen LogP contribution is 2.19. The second kappa shape index (κ2) is 7.87. The fourth-order valence-electron chi connectivity index (χ4n) is 2.92. The van der Waals surface area contributed by atoms with Gasteiger partial charge in [-0.15, -0.1) is 0 Å². The molecule has 2 rings (SSSR count). The molecule has 0 bridgehead atoms. The maximum Gasteiger partial charge on any atom is 0.126 e. The molecule has 1 aromatic rings. The van der Waals surface area contributed by atoms with Crippen molar-refractivity contribution in [3.8, 4) is 0 Å². The van der Waals surface area contributed by atoms with Gasteiger partial charge >= 0.3 is 0 Å². The van der Waals surface area contributed by atoms with Crippen molar-refractivity contribution in [3.63, 3.8) is 0 Å². The van der Waals surface area contributed by atoms with Crippen LogP contribution in [0.4, 0.5) is 4.39 Å². The summed E-state index contributed by atoms with van der Waals surface area (Å²) in [6, 6.07) is 5.20. The molecule has 2 N–H and O–H groups in total. The summed E-state index contributed by atoms with van der Waals surface area (Å²) in [5.41, 5.74) is 7.75. The van der Waals surface area contributed by atoms with Crippen LogP contribution in [0.3, 0.4) is 0 Å². The Balaban J connectivity index is 1.82. The van der Waals surface area contributed by atoms with Gasteiger partial charge in [-0.05, 0) is 56.8 Å². The van der Waals surface area contributed by atoms with Crippen LogP contribution in [-0.2, 0) is 4.74 Å². The molecular weight excluding hydrogens is 267 g/mol. The molecule has 1 aliphatic heterocycles. The number of hydrogen-bond acceptors (Lipinski definition) is 3. The van der Waals surface area contributed by atoms with E-state index in [2.05, 4.69) is 4.90 Å². The highest BCUT2D eigenvalue weighted by atomic mass is 19.1. The van der Waals surface area contributed by atoms with Crippen LogP contribution >= 0.6 is 0 Å². The quantitative estimate of drug-likeness (QED) is 0.876. The molecule has 0 saturated carbocycles. The number of hydrogen-bond donors (Lipinski definition) is 1. The number of ether oxygens (including phenoxy) is 1. The van der Waals surface area contributed by atoms with Crippen molar-refractivity contribution >= 4 is 0 Å². The van der Waals surface area contributed by atoms with E-state index in [0.717, 1.165) is 44.6 Å². The molecule has 0 spiro atoms. The van der Waals surface area contributed by atoms with E-state index in [1.165, 1.54) is 6.42 Å². The van der Waals surface area contributed by atoms with Gasteiger partial charge in [0.25, 0.3) is 0 Å². The Kier molecular flexibility index (Phi) is 6.15. The van der Waals surface area contributed by atoms with Crippen molar-refractivity contribution < 1.29 is 9.13 Å². The zero-order valence-corrected chi connectivity index (χ0v) is 13.1. The van der Waals surface area contributed by atoms with E-state index < -0.39 is 0 Å². The molecule has 2 unspecified atom stereocenters. The van der Waals surface area contributed by atoms with Crippen molar-refractivity contribution in [3.05, 3.63) is 35.1 Å². The van der Waals surface area contributed by atoms with Crippen LogP contribution in [0.15, 0.2) is 18.2 Å². The molecule has 3 nitrogen and oxygen atoms in total. The van der Waals surface area contributed by atoms with Crippen LogP contribution in [0.25, 0.3) is 0 Å². The van der Waals surface area contributed by atoms with Gasteiger partial charge in [-0.25, -0.2) is 4.39 Å². The van der Waals surface area contributed by atoms with Gasteiger partial charge in [0, 0.05) is 25.7 Å². The molecule has 0 aromatic heterocycles. The highest BCUT2D eigenvalue weighted by Gasteiger charge is 2.20. The van der Waals surface area contributed by atoms with Crippen molar-refractivity contribution in [1.29, 1.82) is 0 Å². The topological polar surface area (TPSA) is 38.5 Å². The number of nitrogens with zero attached hydrogens (tertiary/aromatic N) is 1. The van der Waals surface area contributed by atoms with E-state index in [1.54, 1.807) is 19.1 Å². The monoisotopic (exact) mass is 294 g/mol. The molecule has 0 radical (unpaired) electrons. The van der Waals surface area contributed by atoms with E-state index in [4.69, 9.17) is 10.5 Å². The number of rotatable bonds is 6. The summed E-state index contributed by atoms with van der Waals surface area (Å²) >= 11 is 0. The fourth-order valence-corrected chi connectivity index (χ4v) is 2.92. The predicted molar refractivity (Wildman–Crippen MR) is 83.8 cm³/mol. The Morgan fingerprint density at radius 1 is 1.48 bits per heavy atom. The molecule has 0 aliphatic carbocycles. The van der Waals surface area contributed by atoms with Gasteiger partial charge in [-0.2, -0.15) is 0 Å². The second-order valence-electron chi connectivity index (χ2n) is 5.92. The average molecular weight is 294 g/mol. The van der Waals surface area contributed by atoms with E-state index in [-0.39, 0.29) is 11.9 Å². The summed E-state index contributed by atoms with van der Waals surface area (Å²) in [5.74, 6) is -0.169. The molecule has 1 saturated heterocycles. The number of piperidine rings is 1. The smallest absolute Gasteiger partial charge is 0.126 e. The lowest BCUT2D eigenvalue weighted by molar-refractivity contribution is 0.00530. The van der Waals surface area contributed by atoms with Crippen molar-refractivity contribution in [1.82, 2.24) is 4.90 Å². The third-order valence-electron chi connectivity index (χ3n) is 4.25. The van der Waals surface area contributed by atoms with Gasteiger partial charge in [-0.1, -0.05) is 12.1 Å². The number of benzene rings is 1. The van der Waals surface area contributed by atoms with Gasteiger partial charge in [0.05, 0.1) is 6.10 Å². The van der Waals surface area contributed by atoms with Crippen LogP contribution in [0, 0.1) is 12.7 Å². The Labute approximate surface area is 127 Å². The largest absolute Gasteiger partial charge is 0.377 e. The number of halogens is 1. The van der Waals surface area contributed by atoms with Crippen LogP contribution in [0.5, 0.6) is 0 Å². The lowest BCUT2D eigenvalue weighted by Gasteiger charge is -2.33. The van der Waals surface area contributed by atoms with E-state index >= 15 is 0 Å². The number of nitrogens with two attached hydrogens (primary N) is 1. The first-order chi connectivity index (χ1) is 10.1. The normalized spacial score (nSPS) is 21.4. The first-order valence-electron chi connectivity index (χ1n) is 7.95. The third kappa shape index (κ3) is 4.77. The first-order valence-corrected chi connectivity index (χ1v) is 7.95. The summed E-state index contributed by atoms with van der Waals surface area (Å²) in [7, 11) is 0. The molecule has 4 heteroatoms. The summed E-state index contributed by atoms with van der Waals surface area (Å²) in [6.45, 7) is 7.63. The summed E-state index contributed by atoms with van der Waals surface area (Å²) in [5, 5.41) is 0. The minimum absolute atomic E-state index is 0.104. The Bertz CT molecular complexity index is 450. The van der Waals surface area contributed by atoms with Crippen LogP contribution in [-0.4, -0.2) is 37.2 Å². The van der Waals surface area contributed by atoms with Gasteiger partial charge in [0.1, 0.15) is 5.82 Å². The number of aryl methyl sites for hydroxylation is 1. The van der Waals surface area contributed by atoms with Crippen molar-refractivity contribution in [2.45, 2.75) is 45.3 Å². The molecule has 21 heavy (non-hydrogen) atoms. The fraction of sp³-hybridized carbons (Fsp3) is 0.647. The zero-order chi connectivity index (χ0) is 15.2. The van der Waals surface area contributed by atoms with Crippen LogP contribution < -0.4 is 5.73 Å². The molecule has 1 aliphatic rings. The molecule has 2 atom stereocenters. The second-order valence-corrected chi connectivity index (χ2v) is 5.92. The van der Waals surface area contributed by atoms with Gasteiger partial charge in [0.15, 0.2) is 0 Å². The summed E-state index contributed by atoms with van der Waals surface area (Å²) in [6.07, 6.45) is 3.54. The molecule has 0 amide bonds. The first kappa shape index (κ1) is 16.4. The Morgan fingerprint density at radius 2 is 2.29 bits per heavy atom. The lowest BCUT2D eigenvalue weighted by Crippen LogP contribution is -2.40. The van der Waals surface area contributed by atoms with Gasteiger partial charge in [-0.3, -0.25) is 0 Å². The molecule has 1 fully saturated rings. The van der Waals surface area contributed by atoms with Gasteiger partial charge in [0.2, 0.25) is 0 Å². The minimum atomic E-state index is -0.169. The van der Waals surface area contributed by atoms with Crippen molar-refractivity contribution in [2.24, 2.45) is 5.73 Å². The Hall–Kier alpha value is -0.970. The Morgan fingerprint density at radius 3 is 3.00 bits per heavy atom. The van der Waals surface area contributed by atoms with Crippen molar-refractivity contribution in [2.75, 3.05) is 26.2 Å². The summed E-state index contributed by atoms with van der Waals surface area (Å²) in [4.78, 5) is 2.41. The molecule has 1 aromatic carbocycles. The third-order valence-corrected chi connectivity index (χ3v) is 4.25. The molecular formula is C17H27FN2O. The minimum Gasteiger partial charge on any atom is -0.377 e. The van der Waals surface area contributed by atoms with Crippen LogP contribution in [0.2, 0.25) is 0 Å². The van der Waals surface area contributed by atoms with E-state index in [9.17, 15) is 4.39 Å². The summed E-state index contributed by atoms with van der Waals surface area (Å²) < 4.78 is 19.3. The molecule has 1 heterocycles. The predicted octanol–water partition coefficient (Wildman–Crippen LogP) is 3.02. The van der Waals surface area contributed by atoms with E-state index in [1.807, 2.05) is 13.0 Å². The average Bonchev–Trinajstić information content (AvgIpc) is 2.48. The maximum absolute atomic E-state index is 13.6. The zero-order valence-electron chi connectivity index (χ0n) is 13.1. The van der Waals surface area contributed by atoms with E-state index in [0.29, 0.717) is 11.7 Å². The molecule has 118 valence electrons. The SMILES string of the molecule is CCOC1CCCN(CCC(N)c2ccc(C)c(F)c2)C1. The number of likely N-dealkylation sites (tertiary alicyclic amines) is 1. The highest BCUT2D eigenvalue weighted by molar-refractivity contribution is 5.25.